The monoisotopic (exact) mass is 418 g/mol. The van der Waals surface area contributed by atoms with Gasteiger partial charge in [-0.1, -0.05) is 11.3 Å². The number of sulfonamides is 1. The summed E-state index contributed by atoms with van der Waals surface area (Å²) in [5.74, 6) is 0.235. The van der Waals surface area contributed by atoms with E-state index in [-0.39, 0.29) is 15.9 Å². The van der Waals surface area contributed by atoms with Crippen molar-refractivity contribution in [1.29, 1.82) is 0 Å². The summed E-state index contributed by atoms with van der Waals surface area (Å²) in [6.07, 6.45) is 3.29. The Morgan fingerprint density at radius 2 is 1.82 bits per heavy atom. The standard InChI is InChI=1S/C18H18N4O4S2/c1-12-16(17(23)20-11-13-7-9-19-10-8-13)27-18(21-12)22-28(24,25)15-5-3-14(26-2)4-6-15/h3-10H,11H2,1-2H3,(H,20,23)(H,21,22). The number of pyridine rings is 1. The summed E-state index contributed by atoms with van der Waals surface area (Å²) in [5.41, 5.74) is 1.36. The van der Waals surface area contributed by atoms with E-state index in [9.17, 15) is 13.2 Å². The fraction of sp³-hybridized carbons (Fsp3) is 0.167. The smallest absolute Gasteiger partial charge is 0.263 e. The maximum absolute atomic E-state index is 12.5. The molecule has 0 unspecified atom stereocenters. The molecule has 0 fully saturated rings. The summed E-state index contributed by atoms with van der Waals surface area (Å²) in [5, 5.41) is 2.92. The molecule has 3 rings (SSSR count). The molecular weight excluding hydrogens is 400 g/mol. The van der Waals surface area contributed by atoms with Crippen LogP contribution in [0.2, 0.25) is 0 Å². The lowest BCUT2D eigenvalue weighted by molar-refractivity contribution is 0.0954. The fourth-order valence-corrected chi connectivity index (χ4v) is 4.46. The Kier molecular flexibility index (Phi) is 5.90. The van der Waals surface area contributed by atoms with Gasteiger partial charge in [0, 0.05) is 18.9 Å². The SMILES string of the molecule is COc1ccc(S(=O)(=O)Nc2nc(C)c(C(=O)NCc3ccncc3)s2)cc1. The van der Waals surface area contributed by atoms with Crippen molar-refractivity contribution in [3.8, 4) is 5.75 Å². The molecule has 1 amide bonds. The van der Waals surface area contributed by atoms with Gasteiger partial charge in [0.1, 0.15) is 10.6 Å². The molecule has 0 aliphatic carbocycles. The summed E-state index contributed by atoms with van der Waals surface area (Å²) in [4.78, 5) is 20.9. The Morgan fingerprint density at radius 3 is 2.46 bits per heavy atom. The van der Waals surface area contributed by atoms with Crippen molar-refractivity contribution in [3.63, 3.8) is 0 Å². The number of aryl methyl sites for hydroxylation is 1. The van der Waals surface area contributed by atoms with Crippen LogP contribution in [0.3, 0.4) is 0 Å². The molecule has 0 bridgehead atoms. The molecule has 2 aromatic heterocycles. The predicted octanol–water partition coefficient (Wildman–Crippen LogP) is 2.59. The number of ether oxygens (including phenoxy) is 1. The highest BCUT2D eigenvalue weighted by molar-refractivity contribution is 7.93. The second-order valence-electron chi connectivity index (χ2n) is 5.75. The molecule has 28 heavy (non-hydrogen) atoms. The molecule has 0 saturated carbocycles. The molecule has 3 aromatic rings. The number of anilines is 1. The molecule has 0 aliphatic heterocycles. The van der Waals surface area contributed by atoms with Crippen LogP contribution < -0.4 is 14.8 Å². The second-order valence-corrected chi connectivity index (χ2v) is 8.43. The van der Waals surface area contributed by atoms with E-state index in [1.54, 1.807) is 43.6 Å². The topological polar surface area (TPSA) is 110 Å². The first-order valence-electron chi connectivity index (χ1n) is 8.20. The molecule has 0 atom stereocenters. The van der Waals surface area contributed by atoms with Gasteiger partial charge in [0.2, 0.25) is 0 Å². The molecule has 2 heterocycles. The van der Waals surface area contributed by atoms with Gasteiger partial charge in [-0.05, 0) is 48.9 Å². The number of amides is 1. The largest absolute Gasteiger partial charge is 0.497 e. The number of rotatable bonds is 7. The van der Waals surface area contributed by atoms with Gasteiger partial charge >= 0.3 is 0 Å². The fourth-order valence-electron chi connectivity index (χ4n) is 2.34. The lowest BCUT2D eigenvalue weighted by Gasteiger charge is -2.06. The lowest BCUT2D eigenvalue weighted by Crippen LogP contribution is -2.22. The first kappa shape index (κ1) is 19.8. The number of benzene rings is 1. The number of thiazole rings is 1. The number of hydrogen-bond donors (Lipinski definition) is 2. The molecule has 2 N–H and O–H groups in total. The van der Waals surface area contributed by atoms with Crippen LogP contribution in [0.5, 0.6) is 5.75 Å². The van der Waals surface area contributed by atoms with Crippen molar-refractivity contribution < 1.29 is 17.9 Å². The summed E-state index contributed by atoms with van der Waals surface area (Å²) < 4.78 is 32.5. The number of carbonyl (C=O) groups excluding carboxylic acids is 1. The van der Waals surface area contributed by atoms with Gasteiger partial charge in [-0.2, -0.15) is 0 Å². The highest BCUT2D eigenvalue weighted by atomic mass is 32.2. The Labute approximate surface area is 166 Å². The third-order valence-electron chi connectivity index (χ3n) is 3.80. The molecule has 0 spiro atoms. The predicted molar refractivity (Wildman–Crippen MR) is 106 cm³/mol. The molecule has 146 valence electrons. The third kappa shape index (κ3) is 4.65. The van der Waals surface area contributed by atoms with Gasteiger partial charge in [0.25, 0.3) is 15.9 Å². The molecule has 0 saturated heterocycles. The van der Waals surface area contributed by atoms with Crippen LogP contribution in [0.1, 0.15) is 20.9 Å². The Morgan fingerprint density at radius 1 is 1.14 bits per heavy atom. The van der Waals surface area contributed by atoms with Crippen LogP contribution in [0.25, 0.3) is 0 Å². The van der Waals surface area contributed by atoms with Gasteiger partial charge in [-0.25, -0.2) is 13.4 Å². The molecular formula is C18H18N4O4S2. The quantitative estimate of drug-likeness (QED) is 0.610. The van der Waals surface area contributed by atoms with Gasteiger partial charge in [-0.15, -0.1) is 0 Å². The van der Waals surface area contributed by atoms with Crippen LogP contribution in [0.4, 0.5) is 5.13 Å². The first-order chi connectivity index (χ1) is 13.4. The molecule has 0 radical (unpaired) electrons. The maximum atomic E-state index is 12.5. The van der Waals surface area contributed by atoms with Crippen molar-refractivity contribution in [2.24, 2.45) is 0 Å². The van der Waals surface area contributed by atoms with Crippen LogP contribution in [-0.4, -0.2) is 31.4 Å². The van der Waals surface area contributed by atoms with E-state index < -0.39 is 10.0 Å². The normalized spacial score (nSPS) is 11.1. The number of hydrogen-bond acceptors (Lipinski definition) is 7. The zero-order chi connectivity index (χ0) is 20.1. The zero-order valence-corrected chi connectivity index (χ0v) is 16.8. The lowest BCUT2D eigenvalue weighted by atomic mass is 10.2. The average Bonchev–Trinajstić information content (AvgIpc) is 3.06. The van der Waals surface area contributed by atoms with E-state index in [2.05, 4.69) is 20.0 Å². The van der Waals surface area contributed by atoms with E-state index >= 15 is 0 Å². The van der Waals surface area contributed by atoms with Crippen LogP contribution in [0.15, 0.2) is 53.7 Å². The summed E-state index contributed by atoms with van der Waals surface area (Å²) >= 11 is 0.981. The zero-order valence-electron chi connectivity index (χ0n) is 15.2. The van der Waals surface area contributed by atoms with Gasteiger partial charge < -0.3 is 10.1 Å². The average molecular weight is 419 g/mol. The van der Waals surface area contributed by atoms with E-state index in [4.69, 9.17) is 4.74 Å². The Balaban J connectivity index is 1.71. The summed E-state index contributed by atoms with van der Waals surface area (Å²) in [7, 11) is -2.32. The van der Waals surface area contributed by atoms with E-state index in [1.165, 1.54) is 19.2 Å². The maximum Gasteiger partial charge on any atom is 0.263 e. The van der Waals surface area contributed by atoms with Crippen molar-refractivity contribution in [3.05, 3.63) is 64.9 Å². The first-order valence-corrected chi connectivity index (χ1v) is 10.5. The Bertz CT molecular complexity index is 1060. The van der Waals surface area contributed by atoms with Crippen molar-refractivity contribution in [1.82, 2.24) is 15.3 Å². The van der Waals surface area contributed by atoms with Gasteiger partial charge in [0.15, 0.2) is 5.13 Å². The van der Waals surface area contributed by atoms with Crippen LogP contribution >= 0.6 is 11.3 Å². The van der Waals surface area contributed by atoms with Crippen molar-refractivity contribution in [2.75, 3.05) is 11.8 Å². The number of nitrogens with one attached hydrogen (secondary N) is 2. The summed E-state index contributed by atoms with van der Waals surface area (Å²) in [6, 6.07) is 9.58. The van der Waals surface area contributed by atoms with Crippen LogP contribution in [-0.2, 0) is 16.6 Å². The highest BCUT2D eigenvalue weighted by Gasteiger charge is 2.20. The van der Waals surface area contributed by atoms with Gasteiger partial charge in [0.05, 0.1) is 17.7 Å². The molecule has 1 aromatic carbocycles. The number of methoxy groups -OCH3 is 1. The Hall–Kier alpha value is -2.98. The molecule has 8 nitrogen and oxygen atoms in total. The van der Waals surface area contributed by atoms with Crippen LogP contribution in [0, 0.1) is 6.92 Å². The third-order valence-corrected chi connectivity index (χ3v) is 6.35. The van der Waals surface area contributed by atoms with E-state index in [0.717, 1.165) is 16.9 Å². The molecule has 0 aliphatic rings. The number of nitrogens with zero attached hydrogens (tertiary/aromatic N) is 2. The van der Waals surface area contributed by atoms with Gasteiger partial charge in [-0.3, -0.25) is 14.5 Å². The molecule has 10 heteroatoms. The number of carbonyl (C=O) groups is 1. The minimum Gasteiger partial charge on any atom is -0.497 e. The minimum absolute atomic E-state index is 0.0739. The van der Waals surface area contributed by atoms with E-state index in [1.807, 2.05) is 0 Å². The second kappa shape index (κ2) is 8.36. The van der Waals surface area contributed by atoms with E-state index in [0.29, 0.717) is 22.9 Å². The minimum atomic E-state index is -3.82. The summed E-state index contributed by atoms with van der Waals surface area (Å²) in [6.45, 7) is 1.99. The highest BCUT2D eigenvalue weighted by Crippen LogP contribution is 2.25. The number of aromatic nitrogens is 2. The van der Waals surface area contributed by atoms with Crippen molar-refractivity contribution in [2.45, 2.75) is 18.4 Å². The van der Waals surface area contributed by atoms with Crippen molar-refractivity contribution >= 4 is 32.4 Å².